The van der Waals surface area contributed by atoms with Crippen LogP contribution in [0.15, 0.2) is 0 Å². The van der Waals surface area contributed by atoms with Crippen molar-refractivity contribution in [1.29, 1.82) is 0 Å². The summed E-state index contributed by atoms with van der Waals surface area (Å²) in [5.74, 6) is 0.208. The third-order valence-electron chi connectivity index (χ3n) is 5.11. The number of hydrogen-bond acceptors (Lipinski definition) is 4. The van der Waals surface area contributed by atoms with Crippen LogP contribution in [0.5, 0.6) is 0 Å². The van der Waals surface area contributed by atoms with Crippen LogP contribution in [-0.2, 0) is 16.0 Å². The van der Waals surface area contributed by atoms with Crippen LogP contribution < -0.4 is 5.32 Å². The van der Waals surface area contributed by atoms with Crippen molar-refractivity contribution in [2.75, 3.05) is 6.54 Å². The van der Waals surface area contributed by atoms with Gasteiger partial charge in [0, 0.05) is 23.9 Å². The Morgan fingerprint density at radius 2 is 1.96 bits per heavy atom. The van der Waals surface area contributed by atoms with E-state index in [0.29, 0.717) is 25.4 Å². The highest BCUT2D eigenvalue weighted by Gasteiger charge is 2.35. The lowest BCUT2D eigenvalue weighted by Gasteiger charge is -2.27. The lowest BCUT2D eigenvalue weighted by Crippen LogP contribution is -2.41. The minimum absolute atomic E-state index is 0.00210. The molecule has 1 aliphatic heterocycles. The highest BCUT2D eigenvalue weighted by molar-refractivity contribution is 7.11. The van der Waals surface area contributed by atoms with Crippen molar-refractivity contribution in [3.63, 3.8) is 0 Å². The molecule has 1 N–H and O–H groups in total. The first-order chi connectivity index (χ1) is 11.5. The first-order valence-electron chi connectivity index (χ1n) is 9.04. The van der Waals surface area contributed by atoms with E-state index in [4.69, 9.17) is 0 Å². The second-order valence-corrected chi connectivity index (χ2v) is 8.37. The van der Waals surface area contributed by atoms with Crippen molar-refractivity contribution in [3.8, 4) is 0 Å². The van der Waals surface area contributed by atoms with Gasteiger partial charge in [-0.25, -0.2) is 4.98 Å². The molecule has 1 aliphatic carbocycles. The molecule has 0 bridgehead atoms. The van der Waals surface area contributed by atoms with E-state index in [-0.39, 0.29) is 17.9 Å². The van der Waals surface area contributed by atoms with Gasteiger partial charge >= 0.3 is 0 Å². The van der Waals surface area contributed by atoms with Gasteiger partial charge in [-0.3, -0.25) is 9.59 Å². The number of hydrogen-bond donors (Lipinski definition) is 1. The minimum atomic E-state index is -0.0393. The van der Waals surface area contributed by atoms with Gasteiger partial charge in [0.2, 0.25) is 11.8 Å². The largest absolute Gasteiger partial charge is 0.351 e. The quantitative estimate of drug-likeness (QED) is 0.850. The monoisotopic (exact) mass is 349 g/mol. The highest BCUT2D eigenvalue weighted by Crippen LogP contribution is 2.26. The van der Waals surface area contributed by atoms with Gasteiger partial charge in [-0.2, -0.15) is 0 Å². The van der Waals surface area contributed by atoms with Crippen LogP contribution in [0.25, 0.3) is 0 Å². The van der Waals surface area contributed by atoms with E-state index >= 15 is 0 Å². The van der Waals surface area contributed by atoms with Gasteiger partial charge in [0.05, 0.1) is 23.2 Å². The summed E-state index contributed by atoms with van der Waals surface area (Å²) < 4.78 is 0. The summed E-state index contributed by atoms with van der Waals surface area (Å²) in [5, 5.41) is 4.05. The molecule has 2 aliphatic rings. The van der Waals surface area contributed by atoms with E-state index in [1.54, 1.807) is 11.3 Å². The molecule has 3 rings (SSSR count). The molecule has 1 atom stereocenters. The molecular weight excluding hydrogens is 322 g/mol. The molecule has 6 heteroatoms. The summed E-state index contributed by atoms with van der Waals surface area (Å²) >= 11 is 1.58. The number of aryl methyl sites for hydroxylation is 2. The Balaban J connectivity index is 1.53. The average molecular weight is 350 g/mol. The Labute approximate surface area is 147 Å². The van der Waals surface area contributed by atoms with Gasteiger partial charge in [0.25, 0.3) is 0 Å². The van der Waals surface area contributed by atoms with E-state index in [1.165, 1.54) is 25.7 Å². The molecule has 2 heterocycles. The second kappa shape index (κ2) is 7.64. The first kappa shape index (κ1) is 17.4. The van der Waals surface area contributed by atoms with E-state index < -0.39 is 0 Å². The summed E-state index contributed by atoms with van der Waals surface area (Å²) in [7, 11) is 0. The van der Waals surface area contributed by atoms with Gasteiger partial charge in [-0.15, -0.1) is 11.3 Å². The molecule has 1 saturated carbocycles. The molecule has 132 valence electrons. The predicted octanol–water partition coefficient (Wildman–Crippen LogP) is 2.74. The summed E-state index contributed by atoms with van der Waals surface area (Å²) in [6.07, 6.45) is 8.05. The molecule has 24 heavy (non-hydrogen) atoms. The van der Waals surface area contributed by atoms with E-state index in [0.717, 1.165) is 28.4 Å². The maximum absolute atomic E-state index is 12.4. The number of aromatic nitrogens is 1. The number of rotatable bonds is 4. The van der Waals surface area contributed by atoms with Gasteiger partial charge in [-0.1, -0.05) is 25.7 Å². The number of thiazole rings is 1. The number of carbonyl (C=O) groups is 2. The second-order valence-electron chi connectivity index (χ2n) is 7.08. The molecule has 1 aromatic rings. The van der Waals surface area contributed by atoms with Crippen molar-refractivity contribution >= 4 is 23.2 Å². The maximum Gasteiger partial charge on any atom is 0.225 e. The zero-order valence-electron chi connectivity index (χ0n) is 14.6. The van der Waals surface area contributed by atoms with Crippen LogP contribution in [0.3, 0.4) is 0 Å². The Hall–Kier alpha value is -1.43. The lowest BCUT2D eigenvalue weighted by molar-refractivity contribution is -0.129. The normalized spacial score (nSPS) is 22.7. The summed E-state index contributed by atoms with van der Waals surface area (Å²) in [6.45, 7) is 4.58. The zero-order chi connectivity index (χ0) is 17.1. The van der Waals surface area contributed by atoms with Crippen molar-refractivity contribution in [2.24, 2.45) is 0 Å². The average Bonchev–Trinajstić information content (AvgIpc) is 2.91. The summed E-state index contributed by atoms with van der Waals surface area (Å²) in [5.41, 5.74) is 0.940. The maximum atomic E-state index is 12.4. The Kier molecular flexibility index (Phi) is 5.54. The van der Waals surface area contributed by atoms with Gasteiger partial charge in [-0.05, 0) is 26.7 Å². The third-order valence-corrected chi connectivity index (χ3v) is 6.18. The highest BCUT2D eigenvalue weighted by atomic mass is 32.1. The Morgan fingerprint density at radius 3 is 2.58 bits per heavy atom. The minimum Gasteiger partial charge on any atom is -0.351 e. The standard InChI is InChI=1S/C18H27N3O2S/c1-12-16(24-13(2)19-12)10-17(22)20-14-9-18(23)21(11-14)15-7-5-3-4-6-8-15/h14-15H,3-11H2,1-2H3,(H,20,22)/t14-/m0/s1. The topological polar surface area (TPSA) is 62.3 Å². The molecule has 0 radical (unpaired) electrons. The van der Waals surface area contributed by atoms with E-state index in [9.17, 15) is 9.59 Å². The van der Waals surface area contributed by atoms with E-state index in [2.05, 4.69) is 10.3 Å². The van der Waals surface area contributed by atoms with Crippen LogP contribution in [0.1, 0.15) is 60.5 Å². The molecule has 0 aromatic carbocycles. The summed E-state index contributed by atoms with van der Waals surface area (Å²) in [4.78, 5) is 32.1. The fourth-order valence-corrected chi connectivity index (χ4v) is 4.85. The lowest BCUT2D eigenvalue weighted by atomic mass is 10.1. The molecule has 0 unspecified atom stereocenters. The molecule has 1 aromatic heterocycles. The fraction of sp³-hybridized carbons (Fsp3) is 0.722. The van der Waals surface area contributed by atoms with E-state index in [1.807, 2.05) is 18.7 Å². The van der Waals surface area contributed by atoms with Gasteiger partial charge in [0.15, 0.2) is 0 Å². The summed E-state index contributed by atoms with van der Waals surface area (Å²) in [6, 6.07) is 0.343. The smallest absolute Gasteiger partial charge is 0.225 e. The SMILES string of the molecule is Cc1nc(C)c(CC(=O)N[C@H]2CC(=O)N(C3CCCCCC3)C2)s1. The van der Waals surface area contributed by atoms with Crippen LogP contribution in [0.4, 0.5) is 0 Å². The van der Waals surface area contributed by atoms with Gasteiger partial charge < -0.3 is 10.2 Å². The third kappa shape index (κ3) is 4.15. The first-order valence-corrected chi connectivity index (χ1v) is 9.86. The van der Waals surface area contributed by atoms with Crippen LogP contribution in [0, 0.1) is 13.8 Å². The molecular formula is C18H27N3O2S. The number of nitrogens with zero attached hydrogens (tertiary/aromatic N) is 2. The zero-order valence-corrected chi connectivity index (χ0v) is 15.5. The predicted molar refractivity (Wildman–Crippen MR) is 95.0 cm³/mol. The van der Waals surface area contributed by atoms with Crippen molar-refractivity contribution in [2.45, 2.75) is 77.3 Å². The number of likely N-dealkylation sites (tertiary alicyclic amines) is 1. The van der Waals surface area contributed by atoms with Crippen LogP contribution in [0.2, 0.25) is 0 Å². The molecule has 5 nitrogen and oxygen atoms in total. The Morgan fingerprint density at radius 1 is 1.25 bits per heavy atom. The molecule has 1 saturated heterocycles. The molecule has 2 amide bonds. The van der Waals surface area contributed by atoms with Crippen molar-refractivity contribution in [3.05, 3.63) is 15.6 Å². The van der Waals surface area contributed by atoms with Crippen LogP contribution >= 0.6 is 11.3 Å². The van der Waals surface area contributed by atoms with Gasteiger partial charge in [0.1, 0.15) is 0 Å². The number of amides is 2. The van der Waals surface area contributed by atoms with Crippen molar-refractivity contribution in [1.82, 2.24) is 15.2 Å². The molecule has 2 fully saturated rings. The van der Waals surface area contributed by atoms with Crippen molar-refractivity contribution < 1.29 is 9.59 Å². The van der Waals surface area contributed by atoms with Crippen LogP contribution in [-0.4, -0.2) is 40.3 Å². The Bertz CT molecular complexity index is 605. The number of carbonyl (C=O) groups excluding carboxylic acids is 2. The fourth-order valence-electron chi connectivity index (χ4n) is 3.91. The number of nitrogens with one attached hydrogen (secondary N) is 1. The molecule has 0 spiro atoms.